The van der Waals surface area contributed by atoms with Gasteiger partial charge in [-0.25, -0.2) is 0 Å². The van der Waals surface area contributed by atoms with Crippen molar-refractivity contribution >= 4 is 0 Å². The molecule has 0 heteroatoms. The van der Waals surface area contributed by atoms with Crippen LogP contribution in [0.1, 0.15) is 93.9 Å². The van der Waals surface area contributed by atoms with E-state index >= 15 is 0 Å². The standard InChI is InChI=1S/C6H14.C4H10.2C2H6/c1-3-5-6-4-2;1-3-4-2;2*1-2/h3-6H2,1-2H3;3-4H2,1-2H3;2*1-2H3. The second-order valence-electron chi connectivity index (χ2n) is 2.71. The van der Waals surface area contributed by atoms with Gasteiger partial charge in [-0.1, -0.05) is 93.9 Å². The molecule has 0 aromatic rings. The Morgan fingerprint density at radius 3 is 0.714 bits per heavy atom. The average molecular weight is 204 g/mol. The molecule has 0 unspecified atom stereocenters. The minimum atomic E-state index is 1.32. The van der Waals surface area contributed by atoms with Crippen LogP contribution < -0.4 is 0 Å². The summed E-state index contributed by atoms with van der Waals surface area (Å²) in [5.41, 5.74) is 0. The predicted molar refractivity (Wildman–Crippen MR) is 73.1 cm³/mol. The summed E-state index contributed by atoms with van der Waals surface area (Å²) in [7, 11) is 0. The molecule has 0 aromatic heterocycles. The largest absolute Gasteiger partial charge is 0.0683 e. The molecule has 14 heavy (non-hydrogen) atoms. The first kappa shape index (κ1) is 23.7. The molecule has 92 valence electrons. The van der Waals surface area contributed by atoms with Crippen LogP contribution in [0, 0.1) is 0 Å². The maximum absolute atomic E-state index is 2.23. The van der Waals surface area contributed by atoms with Crippen molar-refractivity contribution in [1.29, 1.82) is 0 Å². The first-order valence-corrected chi connectivity index (χ1v) is 6.83. The fraction of sp³-hybridized carbons (Fsp3) is 1.00. The average Bonchev–Trinajstić information content (AvgIpc) is 2.32. The van der Waals surface area contributed by atoms with Crippen molar-refractivity contribution in [2.75, 3.05) is 0 Å². The zero-order chi connectivity index (χ0) is 12.2. The summed E-state index contributed by atoms with van der Waals surface area (Å²) in [4.78, 5) is 0. The molecule has 0 saturated heterocycles. The van der Waals surface area contributed by atoms with Crippen molar-refractivity contribution in [2.24, 2.45) is 0 Å². The maximum Gasteiger partial charge on any atom is -0.0536 e. The van der Waals surface area contributed by atoms with Gasteiger partial charge in [0.25, 0.3) is 0 Å². The van der Waals surface area contributed by atoms with Crippen LogP contribution in [-0.2, 0) is 0 Å². The summed E-state index contributed by atoms with van der Waals surface area (Å²) in [5.74, 6) is 0. The molecule has 0 N–H and O–H groups in total. The highest BCUT2D eigenvalue weighted by Crippen LogP contribution is 1.95. The molecule has 0 amide bonds. The highest BCUT2D eigenvalue weighted by molar-refractivity contribution is 4.31. The predicted octanol–water partition coefficient (Wildman–Crippen LogP) is 6.45. The van der Waals surface area contributed by atoms with E-state index in [0.717, 1.165) is 0 Å². The smallest absolute Gasteiger partial charge is 0.0536 e. The summed E-state index contributed by atoms with van der Waals surface area (Å²) in [6, 6.07) is 0. The lowest BCUT2D eigenvalue weighted by Gasteiger charge is -1.86. The summed E-state index contributed by atoms with van der Waals surface area (Å²) in [6.45, 7) is 16.8. The molecule has 0 rings (SSSR count). The molecule has 0 nitrogen and oxygen atoms in total. The molecular formula is C14H36. The molecule has 0 bridgehead atoms. The fourth-order valence-corrected chi connectivity index (χ4v) is 0.500. The maximum atomic E-state index is 2.23. The van der Waals surface area contributed by atoms with Gasteiger partial charge in [0.2, 0.25) is 0 Å². The van der Waals surface area contributed by atoms with E-state index in [4.69, 9.17) is 0 Å². The van der Waals surface area contributed by atoms with Crippen LogP contribution in [0.25, 0.3) is 0 Å². The third-order valence-electron chi connectivity index (χ3n) is 1.46. The van der Waals surface area contributed by atoms with Gasteiger partial charge in [0, 0.05) is 0 Å². The molecule has 0 atom stereocenters. The molecule has 0 spiro atoms. The quantitative estimate of drug-likeness (QED) is 0.462. The Bertz CT molecular complexity index is 25.0. The minimum Gasteiger partial charge on any atom is -0.0683 e. The molecule has 0 saturated carbocycles. The van der Waals surface area contributed by atoms with Gasteiger partial charge < -0.3 is 0 Å². The summed E-state index contributed by atoms with van der Waals surface area (Å²) >= 11 is 0. The Balaban J connectivity index is -0.0000000546. The van der Waals surface area contributed by atoms with Gasteiger partial charge in [0.05, 0.1) is 0 Å². The van der Waals surface area contributed by atoms with Crippen LogP contribution in [0.5, 0.6) is 0 Å². The van der Waals surface area contributed by atoms with Crippen LogP contribution in [0.2, 0.25) is 0 Å². The second-order valence-corrected chi connectivity index (χ2v) is 2.71. The van der Waals surface area contributed by atoms with E-state index in [9.17, 15) is 0 Å². The molecule has 0 aliphatic rings. The van der Waals surface area contributed by atoms with Gasteiger partial charge in [-0.3, -0.25) is 0 Å². The summed E-state index contributed by atoms with van der Waals surface area (Å²) in [6.07, 6.45) is 8.18. The van der Waals surface area contributed by atoms with Crippen molar-refractivity contribution < 1.29 is 0 Å². The second kappa shape index (κ2) is 52.0. The van der Waals surface area contributed by atoms with Crippen LogP contribution in [-0.4, -0.2) is 0 Å². The molecule has 0 aliphatic heterocycles. The first-order chi connectivity index (χ1) is 6.83. The lowest BCUT2D eigenvalue weighted by Crippen LogP contribution is -1.66. The molecule has 0 radical (unpaired) electrons. The number of hydrogen-bond acceptors (Lipinski definition) is 0. The summed E-state index contributed by atoms with van der Waals surface area (Å²) < 4.78 is 0. The molecular weight excluding hydrogens is 168 g/mol. The number of rotatable bonds is 4. The highest BCUT2D eigenvalue weighted by Gasteiger charge is 1.75. The zero-order valence-corrected chi connectivity index (χ0v) is 12.2. The monoisotopic (exact) mass is 204 g/mol. The Morgan fingerprint density at radius 1 is 0.429 bits per heavy atom. The van der Waals surface area contributed by atoms with Gasteiger partial charge in [0.1, 0.15) is 0 Å². The van der Waals surface area contributed by atoms with Crippen LogP contribution in [0.4, 0.5) is 0 Å². The van der Waals surface area contributed by atoms with E-state index in [2.05, 4.69) is 27.7 Å². The minimum absolute atomic E-state index is 1.32. The summed E-state index contributed by atoms with van der Waals surface area (Å²) in [5, 5.41) is 0. The Labute approximate surface area is 94.5 Å². The van der Waals surface area contributed by atoms with Gasteiger partial charge in [-0.15, -0.1) is 0 Å². The van der Waals surface area contributed by atoms with E-state index < -0.39 is 0 Å². The van der Waals surface area contributed by atoms with Crippen molar-refractivity contribution in [3.63, 3.8) is 0 Å². The molecule has 0 heterocycles. The number of hydrogen-bond donors (Lipinski definition) is 0. The SMILES string of the molecule is CC.CC.CCCC.CCCCCC. The highest BCUT2D eigenvalue weighted by atomic mass is 13.8. The van der Waals surface area contributed by atoms with Crippen molar-refractivity contribution in [3.8, 4) is 0 Å². The van der Waals surface area contributed by atoms with E-state index in [1.165, 1.54) is 38.5 Å². The van der Waals surface area contributed by atoms with Crippen LogP contribution >= 0.6 is 0 Å². The molecule has 0 aromatic carbocycles. The van der Waals surface area contributed by atoms with Gasteiger partial charge in [0.15, 0.2) is 0 Å². The first-order valence-electron chi connectivity index (χ1n) is 6.83. The van der Waals surface area contributed by atoms with E-state index in [1.807, 2.05) is 27.7 Å². The van der Waals surface area contributed by atoms with Gasteiger partial charge in [-0.05, 0) is 0 Å². The Morgan fingerprint density at radius 2 is 0.643 bits per heavy atom. The van der Waals surface area contributed by atoms with Crippen LogP contribution in [0.3, 0.4) is 0 Å². The van der Waals surface area contributed by atoms with E-state index in [-0.39, 0.29) is 0 Å². The van der Waals surface area contributed by atoms with Gasteiger partial charge >= 0.3 is 0 Å². The third kappa shape index (κ3) is 90.8. The van der Waals surface area contributed by atoms with Gasteiger partial charge in [-0.2, -0.15) is 0 Å². The Kier molecular flexibility index (Phi) is 87.9. The van der Waals surface area contributed by atoms with Crippen molar-refractivity contribution in [2.45, 2.75) is 93.9 Å². The van der Waals surface area contributed by atoms with Crippen LogP contribution in [0.15, 0.2) is 0 Å². The molecule has 0 aliphatic carbocycles. The van der Waals surface area contributed by atoms with E-state index in [1.54, 1.807) is 0 Å². The molecule has 0 fully saturated rings. The fourth-order valence-electron chi connectivity index (χ4n) is 0.500. The lowest BCUT2D eigenvalue weighted by molar-refractivity contribution is 0.702. The third-order valence-corrected chi connectivity index (χ3v) is 1.46. The zero-order valence-electron chi connectivity index (χ0n) is 12.2. The number of unbranched alkanes of at least 4 members (excludes halogenated alkanes) is 4. The van der Waals surface area contributed by atoms with E-state index in [0.29, 0.717) is 0 Å². The van der Waals surface area contributed by atoms with Crippen molar-refractivity contribution in [1.82, 2.24) is 0 Å². The lowest BCUT2D eigenvalue weighted by atomic mass is 10.2. The Hall–Kier alpha value is 0. The topological polar surface area (TPSA) is 0 Å². The normalized spacial score (nSPS) is 6.86. The van der Waals surface area contributed by atoms with Crippen molar-refractivity contribution in [3.05, 3.63) is 0 Å².